The third-order valence-electron chi connectivity index (χ3n) is 5.42. The van der Waals surface area contributed by atoms with Gasteiger partial charge in [-0.3, -0.25) is 9.59 Å². The van der Waals surface area contributed by atoms with Crippen molar-refractivity contribution in [2.75, 3.05) is 37.6 Å². The number of nitrogens with zero attached hydrogens (tertiary/aromatic N) is 3. The van der Waals surface area contributed by atoms with Crippen LogP contribution in [0.15, 0.2) is 54.2 Å². The summed E-state index contributed by atoms with van der Waals surface area (Å²) in [5.41, 5.74) is 1.73. The van der Waals surface area contributed by atoms with E-state index in [2.05, 4.69) is 11.8 Å². The largest absolute Gasteiger partial charge is 0.364 e. The predicted octanol–water partition coefficient (Wildman–Crippen LogP) is 3.40. The van der Waals surface area contributed by atoms with E-state index >= 15 is 0 Å². The monoisotopic (exact) mass is 413 g/mol. The minimum absolute atomic E-state index is 0.130. The molecule has 2 aromatic carbocycles. The van der Waals surface area contributed by atoms with Gasteiger partial charge in [0.15, 0.2) is 0 Å². The Morgan fingerprint density at radius 1 is 0.966 bits per heavy atom. The summed E-state index contributed by atoms with van der Waals surface area (Å²) in [6.07, 6.45) is 0. The molecule has 2 aromatic rings. The molecule has 0 atom stereocenters. The molecule has 0 aliphatic carbocycles. The van der Waals surface area contributed by atoms with Gasteiger partial charge in [0, 0.05) is 26.2 Å². The van der Waals surface area contributed by atoms with Gasteiger partial charge in [-0.05, 0) is 30.3 Å². The van der Waals surface area contributed by atoms with Crippen molar-refractivity contribution in [2.45, 2.75) is 6.92 Å². The van der Waals surface area contributed by atoms with Crippen molar-refractivity contribution in [2.24, 2.45) is 0 Å². The molecule has 0 unspecified atom stereocenters. The van der Waals surface area contributed by atoms with E-state index in [1.807, 2.05) is 35.2 Å². The Morgan fingerprint density at radius 3 is 2.28 bits per heavy atom. The molecule has 29 heavy (non-hydrogen) atoms. The van der Waals surface area contributed by atoms with Crippen molar-refractivity contribution >= 4 is 34.7 Å². The van der Waals surface area contributed by atoms with E-state index in [0.29, 0.717) is 29.9 Å². The Labute approximate surface area is 174 Å². The van der Waals surface area contributed by atoms with Gasteiger partial charge in [0.25, 0.3) is 11.8 Å². The van der Waals surface area contributed by atoms with Gasteiger partial charge >= 0.3 is 0 Å². The van der Waals surface area contributed by atoms with Gasteiger partial charge < -0.3 is 9.80 Å². The maximum Gasteiger partial charge on any atom is 0.282 e. The number of anilines is 1. The number of hydrogen-bond acceptors (Lipinski definition) is 4. The lowest BCUT2D eigenvalue weighted by molar-refractivity contribution is -0.120. The number of hydrogen-bond donors (Lipinski definition) is 0. The fourth-order valence-electron chi connectivity index (χ4n) is 3.82. The molecule has 2 aliphatic rings. The average Bonchev–Trinajstić information content (AvgIpc) is 3.01. The SMILES string of the molecule is CCN1CCN(C2=C(c3ccccc3)C(=O)N(c3ccc(F)c(Cl)c3)C2=O)CC1. The van der Waals surface area contributed by atoms with Crippen LogP contribution in [0.4, 0.5) is 10.1 Å². The van der Waals surface area contributed by atoms with E-state index in [-0.39, 0.29) is 10.7 Å². The molecule has 0 N–H and O–H groups in total. The second-order valence-corrected chi connectivity index (χ2v) is 7.46. The highest BCUT2D eigenvalue weighted by Gasteiger charge is 2.43. The zero-order valence-electron chi connectivity index (χ0n) is 16.1. The summed E-state index contributed by atoms with van der Waals surface area (Å²) in [6.45, 7) is 6.03. The number of carbonyl (C=O) groups is 2. The van der Waals surface area contributed by atoms with Gasteiger partial charge in [-0.2, -0.15) is 0 Å². The van der Waals surface area contributed by atoms with E-state index in [9.17, 15) is 14.0 Å². The average molecular weight is 414 g/mol. The molecule has 1 saturated heterocycles. The molecule has 2 amide bonds. The van der Waals surface area contributed by atoms with Gasteiger partial charge in [-0.15, -0.1) is 0 Å². The Bertz CT molecular complexity index is 985. The van der Waals surface area contributed by atoms with Crippen LogP contribution in [0.5, 0.6) is 0 Å². The van der Waals surface area contributed by atoms with Crippen LogP contribution in [0.25, 0.3) is 5.57 Å². The van der Waals surface area contributed by atoms with Crippen molar-refractivity contribution in [3.63, 3.8) is 0 Å². The number of rotatable bonds is 4. The summed E-state index contributed by atoms with van der Waals surface area (Å²) < 4.78 is 13.6. The quantitative estimate of drug-likeness (QED) is 0.720. The third-order valence-corrected chi connectivity index (χ3v) is 5.71. The Balaban J connectivity index is 1.77. The standard InChI is InChI=1S/C22H21ClFN3O2/c1-2-25-10-12-26(13-11-25)20-19(15-6-4-3-5-7-15)21(28)27(22(20)29)16-8-9-18(24)17(23)14-16/h3-9,14H,2,10-13H2,1H3. The number of likely N-dealkylation sites (N-methyl/N-ethyl adjacent to an activating group) is 1. The van der Waals surface area contributed by atoms with Crippen molar-refractivity contribution in [3.05, 3.63) is 70.6 Å². The Morgan fingerprint density at radius 2 is 1.66 bits per heavy atom. The first-order valence-corrected chi connectivity index (χ1v) is 10.00. The minimum Gasteiger partial charge on any atom is -0.364 e. The third kappa shape index (κ3) is 3.54. The van der Waals surface area contributed by atoms with Gasteiger partial charge in [-0.25, -0.2) is 9.29 Å². The Kier molecular flexibility index (Phi) is 5.39. The zero-order valence-corrected chi connectivity index (χ0v) is 16.8. The zero-order chi connectivity index (χ0) is 20.5. The van der Waals surface area contributed by atoms with Crippen molar-refractivity contribution < 1.29 is 14.0 Å². The molecular formula is C22H21ClFN3O2. The molecular weight excluding hydrogens is 393 g/mol. The molecule has 0 saturated carbocycles. The van der Waals surface area contributed by atoms with Gasteiger partial charge in [-0.1, -0.05) is 48.9 Å². The summed E-state index contributed by atoms with van der Waals surface area (Å²) >= 11 is 5.90. The molecule has 1 fully saturated rings. The molecule has 5 nitrogen and oxygen atoms in total. The van der Waals surface area contributed by atoms with E-state index in [4.69, 9.17) is 11.6 Å². The fourth-order valence-corrected chi connectivity index (χ4v) is 4.00. The van der Waals surface area contributed by atoms with Crippen LogP contribution in [-0.4, -0.2) is 54.3 Å². The van der Waals surface area contributed by atoms with Crippen LogP contribution in [0.1, 0.15) is 12.5 Å². The maximum atomic E-state index is 13.6. The first-order chi connectivity index (χ1) is 14.0. The lowest BCUT2D eigenvalue weighted by Crippen LogP contribution is -2.47. The summed E-state index contributed by atoms with van der Waals surface area (Å²) in [5, 5.41) is -0.130. The van der Waals surface area contributed by atoms with E-state index in [1.165, 1.54) is 18.2 Å². The highest BCUT2D eigenvalue weighted by molar-refractivity contribution is 6.45. The minimum atomic E-state index is -0.596. The predicted molar refractivity (Wildman–Crippen MR) is 111 cm³/mol. The molecule has 0 bridgehead atoms. The number of piperazine rings is 1. The van der Waals surface area contributed by atoms with Gasteiger partial charge in [0.1, 0.15) is 11.5 Å². The first kappa shape index (κ1) is 19.6. The van der Waals surface area contributed by atoms with Crippen molar-refractivity contribution in [1.82, 2.24) is 9.80 Å². The summed E-state index contributed by atoms with van der Waals surface area (Å²) in [5.74, 6) is -1.42. The molecule has 2 aliphatic heterocycles. The molecule has 0 spiro atoms. The molecule has 0 aromatic heterocycles. The van der Waals surface area contributed by atoms with Crippen LogP contribution in [0.3, 0.4) is 0 Å². The molecule has 0 radical (unpaired) electrons. The van der Waals surface area contributed by atoms with Crippen molar-refractivity contribution in [3.8, 4) is 0 Å². The van der Waals surface area contributed by atoms with E-state index < -0.39 is 17.6 Å². The van der Waals surface area contributed by atoms with Gasteiger partial charge in [0.05, 0.1) is 16.3 Å². The lowest BCUT2D eigenvalue weighted by Gasteiger charge is -2.36. The van der Waals surface area contributed by atoms with E-state index in [0.717, 1.165) is 24.5 Å². The van der Waals surface area contributed by atoms with Gasteiger partial charge in [0.2, 0.25) is 0 Å². The van der Waals surface area contributed by atoms with Crippen LogP contribution in [0, 0.1) is 5.82 Å². The molecule has 2 heterocycles. The van der Waals surface area contributed by atoms with Crippen LogP contribution < -0.4 is 4.90 Å². The summed E-state index contributed by atoms with van der Waals surface area (Å²) in [7, 11) is 0. The van der Waals surface area contributed by atoms with Crippen LogP contribution in [0.2, 0.25) is 5.02 Å². The second kappa shape index (κ2) is 7.97. The number of carbonyl (C=O) groups excluding carboxylic acids is 2. The number of halogens is 2. The molecule has 7 heteroatoms. The maximum absolute atomic E-state index is 13.6. The lowest BCUT2D eigenvalue weighted by atomic mass is 10.0. The Hall–Kier alpha value is -2.70. The number of imide groups is 1. The highest BCUT2D eigenvalue weighted by atomic mass is 35.5. The number of amides is 2. The fraction of sp³-hybridized carbons (Fsp3) is 0.273. The van der Waals surface area contributed by atoms with Crippen molar-refractivity contribution in [1.29, 1.82) is 0 Å². The second-order valence-electron chi connectivity index (χ2n) is 7.06. The van der Waals surface area contributed by atoms with Crippen LogP contribution in [-0.2, 0) is 9.59 Å². The normalized spacial score (nSPS) is 18.2. The summed E-state index contributed by atoms with van der Waals surface area (Å²) in [4.78, 5) is 32.1. The smallest absolute Gasteiger partial charge is 0.282 e. The molecule has 4 rings (SSSR count). The molecule has 150 valence electrons. The topological polar surface area (TPSA) is 43.9 Å². The van der Waals surface area contributed by atoms with Crippen LogP contribution >= 0.6 is 11.6 Å². The summed E-state index contributed by atoms with van der Waals surface area (Å²) in [6, 6.07) is 13.1. The van der Waals surface area contributed by atoms with E-state index in [1.54, 1.807) is 0 Å². The first-order valence-electron chi connectivity index (χ1n) is 9.62. The highest BCUT2D eigenvalue weighted by Crippen LogP contribution is 2.36. The number of benzene rings is 2.